The molecule has 0 aliphatic rings. The molecule has 0 saturated carbocycles. The number of carbonyl (C=O) groups is 1. The van der Waals surface area contributed by atoms with Crippen LogP contribution in [0.15, 0.2) is 42.5 Å². The lowest BCUT2D eigenvalue weighted by Gasteiger charge is -2.13. The lowest BCUT2D eigenvalue weighted by atomic mass is 10.0. The second-order valence-electron chi connectivity index (χ2n) is 8.13. The zero-order valence-electron chi connectivity index (χ0n) is 19.1. The Bertz CT molecular complexity index is 1260. The summed E-state index contributed by atoms with van der Waals surface area (Å²) in [5, 5.41) is 19.5. The molecule has 1 aromatic heterocycles. The monoisotopic (exact) mass is 460 g/mol. The number of halogens is 1. The molecule has 3 rings (SSSR count). The standard InChI is InChI=1S/C26H25ClN4O2/c1-17-23(13-29)26(21-8-5-19(12-28)6-9-21)18(2)31(17)14-20-7-10-24(27)22(11-20)16-33-25(32)15-30(3)4/h5-11H,14-16H2,1-4H3. The minimum Gasteiger partial charge on any atom is -0.460 e. The number of hydrogen-bond acceptors (Lipinski definition) is 5. The number of nitriles is 2. The quantitative estimate of drug-likeness (QED) is 0.472. The first kappa shape index (κ1) is 24.1. The van der Waals surface area contributed by atoms with Crippen LogP contribution in [-0.2, 0) is 22.7 Å². The molecule has 2 aromatic carbocycles. The van der Waals surface area contributed by atoms with E-state index in [9.17, 15) is 10.1 Å². The van der Waals surface area contributed by atoms with Gasteiger partial charge in [-0.25, -0.2) is 0 Å². The van der Waals surface area contributed by atoms with Crippen molar-refractivity contribution in [2.24, 2.45) is 0 Å². The van der Waals surface area contributed by atoms with Crippen molar-refractivity contribution in [3.05, 3.63) is 81.1 Å². The van der Waals surface area contributed by atoms with Gasteiger partial charge in [0.1, 0.15) is 12.7 Å². The van der Waals surface area contributed by atoms with Crippen LogP contribution in [0.5, 0.6) is 0 Å². The van der Waals surface area contributed by atoms with E-state index in [1.54, 1.807) is 37.2 Å². The minimum atomic E-state index is -0.315. The van der Waals surface area contributed by atoms with Crippen LogP contribution in [0, 0.1) is 36.5 Å². The van der Waals surface area contributed by atoms with Gasteiger partial charge in [0.25, 0.3) is 0 Å². The van der Waals surface area contributed by atoms with Gasteiger partial charge in [-0.3, -0.25) is 9.69 Å². The van der Waals surface area contributed by atoms with Crippen molar-refractivity contribution in [3.63, 3.8) is 0 Å². The summed E-state index contributed by atoms with van der Waals surface area (Å²) in [6.07, 6.45) is 0. The highest BCUT2D eigenvalue weighted by molar-refractivity contribution is 6.31. The summed E-state index contributed by atoms with van der Waals surface area (Å²) < 4.78 is 7.45. The summed E-state index contributed by atoms with van der Waals surface area (Å²) in [6, 6.07) is 17.4. The molecule has 7 heteroatoms. The predicted octanol–water partition coefficient (Wildman–Crippen LogP) is 4.82. The van der Waals surface area contributed by atoms with Crippen LogP contribution in [0.4, 0.5) is 0 Å². The SMILES string of the molecule is Cc1c(C#N)c(-c2ccc(C#N)cc2)c(C)n1Cc1ccc(Cl)c(COC(=O)CN(C)C)c1. The fourth-order valence-electron chi connectivity index (χ4n) is 3.80. The average Bonchev–Trinajstić information content (AvgIpc) is 3.03. The van der Waals surface area contributed by atoms with Gasteiger partial charge in [-0.2, -0.15) is 10.5 Å². The Kier molecular flexibility index (Phi) is 7.55. The molecule has 1 heterocycles. The first-order chi connectivity index (χ1) is 15.7. The van der Waals surface area contributed by atoms with E-state index < -0.39 is 0 Å². The van der Waals surface area contributed by atoms with Crippen molar-refractivity contribution in [2.45, 2.75) is 27.0 Å². The first-order valence-electron chi connectivity index (χ1n) is 10.4. The lowest BCUT2D eigenvalue weighted by molar-refractivity contribution is -0.145. The molecule has 0 fully saturated rings. The zero-order valence-corrected chi connectivity index (χ0v) is 19.9. The Balaban J connectivity index is 1.91. The van der Waals surface area contributed by atoms with Gasteiger partial charge in [-0.05, 0) is 63.3 Å². The van der Waals surface area contributed by atoms with Crippen molar-refractivity contribution in [1.82, 2.24) is 9.47 Å². The van der Waals surface area contributed by atoms with Gasteiger partial charge in [-0.15, -0.1) is 0 Å². The third kappa shape index (κ3) is 5.43. The zero-order chi connectivity index (χ0) is 24.1. The Hall–Kier alpha value is -3.58. The molecule has 6 nitrogen and oxygen atoms in total. The largest absolute Gasteiger partial charge is 0.460 e. The number of aromatic nitrogens is 1. The number of benzene rings is 2. The van der Waals surface area contributed by atoms with Crippen LogP contribution in [0.2, 0.25) is 5.02 Å². The molecule has 33 heavy (non-hydrogen) atoms. The van der Waals surface area contributed by atoms with Crippen LogP contribution >= 0.6 is 11.6 Å². The van der Waals surface area contributed by atoms with E-state index in [1.807, 2.05) is 38.1 Å². The highest BCUT2D eigenvalue weighted by Crippen LogP contribution is 2.33. The molecule has 0 aliphatic heterocycles. The molecule has 0 amide bonds. The van der Waals surface area contributed by atoms with Gasteiger partial charge in [0.2, 0.25) is 0 Å². The smallest absolute Gasteiger partial charge is 0.320 e. The van der Waals surface area contributed by atoms with E-state index in [0.29, 0.717) is 22.7 Å². The molecule has 0 atom stereocenters. The van der Waals surface area contributed by atoms with E-state index in [0.717, 1.165) is 33.6 Å². The van der Waals surface area contributed by atoms with Gasteiger partial charge in [0.15, 0.2) is 0 Å². The van der Waals surface area contributed by atoms with Gasteiger partial charge < -0.3 is 9.30 Å². The number of ether oxygens (including phenoxy) is 1. The number of carbonyl (C=O) groups excluding carboxylic acids is 1. The Morgan fingerprint density at radius 3 is 2.36 bits per heavy atom. The number of esters is 1. The summed E-state index contributed by atoms with van der Waals surface area (Å²) in [5.74, 6) is -0.315. The van der Waals surface area contributed by atoms with Gasteiger partial charge in [0, 0.05) is 34.1 Å². The molecule has 0 radical (unpaired) electrons. The lowest BCUT2D eigenvalue weighted by Crippen LogP contribution is -2.23. The van der Waals surface area contributed by atoms with Crippen molar-refractivity contribution in [2.75, 3.05) is 20.6 Å². The Morgan fingerprint density at radius 2 is 1.76 bits per heavy atom. The maximum Gasteiger partial charge on any atom is 0.320 e. The maximum absolute atomic E-state index is 11.9. The third-order valence-corrected chi connectivity index (χ3v) is 5.85. The Labute approximate surface area is 199 Å². The van der Waals surface area contributed by atoms with Crippen LogP contribution < -0.4 is 0 Å². The van der Waals surface area contributed by atoms with E-state index in [2.05, 4.69) is 16.7 Å². The van der Waals surface area contributed by atoms with Crippen LogP contribution in [-0.4, -0.2) is 36.1 Å². The van der Waals surface area contributed by atoms with Crippen molar-refractivity contribution in [1.29, 1.82) is 10.5 Å². The molecule has 0 aliphatic carbocycles. The number of likely N-dealkylation sites (N-methyl/N-ethyl adjacent to an activating group) is 1. The van der Waals surface area contributed by atoms with E-state index in [4.69, 9.17) is 21.6 Å². The molecule has 0 saturated heterocycles. The summed E-state index contributed by atoms with van der Waals surface area (Å²) in [5.41, 5.74) is 6.49. The molecule has 0 N–H and O–H groups in total. The van der Waals surface area contributed by atoms with E-state index >= 15 is 0 Å². The van der Waals surface area contributed by atoms with Crippen LogP contribution in [0.25, 0.3) is 11.1 Å². The van der Waals surface area contributed by atoms with Crippen molar-refractivity contribution < 1.29 is 9.53 Å². The molecular weight excluding hydrogens is 436 g/mol. The highest BCUT2D eigenvalue weighted by Gasteiger charge is 2.19. The molecule has 168 valence electrons. The summed E-state index contributed by atoms with van der Waals surface area (Å²) in [7, 11) is 3.61. The molecule has 3 aromatic rings. The third-order valence-electron chi connectivity index (χ3n) is 5.48. The summed E-state index contributed by atoms with van der Waals surface area (Å²) in [6.45, 7) is 4.76. The molecule has 0 spiro atoms. The predicted molar refractivity (Wildman–Crippen MR) is 128 cm³/mol. The van der Waals surface area contributed by atoms with Crippen molar-refractivity contribution >= 4 is 17.6 Å². The summed E-state index contributed by atoms with van der Waals surface area (Å²) in [4.78, 5) is 13.6. The number of rotatable bonds is 7. The second-order valence-corrected chi connectivity index (χ2v) is 8.54. The fraction of sp³-hybridized carbons (Fsp3) is 0.269. The highest BCUT2D eigenvalue weighted by atomic mass is 35.5. The average molecular weight is 461 g/mol. The van der Waals surface area contributed by atoms with Crippen LogP contribution in [0.3, 0.4) is 0 Å². The van der Waals surface area contributed by atoms with Gasteiger partial charge in [-0.1, -0.05) is 29.8 Å². The normalized spacial score (nSPS) is 10.7. The molecular formula is C26H25ClN4O2. The van der Waals surface area contributed by atoms with Gasteiger partial charge in [0.05, 0.1) is 23.7 Å². The topological polar surface area (TPSA) is 82.0 Å². The second kappa shape index (κ2) is 10.4. The first-order valence-corrected chi connectivity index (χ1v) is 10.8. The maximum atomic E-state index is 11.9. The molecule has 0 bridgehead atoms. The summed E-state index contributed by atoms with van der Waals surface area (Å²) >= 11 is 6.33. The fourth-order valence-corrected chi connectivity index (χ4v) is 3.98. The van der Waals surface area contributed by atoms with Gasteiger partial charge >= 0.3 is 5.97 Å². The Morgan fingerprint density at radius 1 is 1.06 bits per heavy atom. The number of hydrogen-bond donors (Lipinski definition) is 0. The van der Waals surface area contributed by atoms with Crippen LogP contribution in [0.1, 0.15) is 33.6 Å². The minimum absolute atomic E-state index is 0.100. The van der Waals surface area contributed by atoms with Crippen molar-refractivity contribution in [3.8, 4) is 23.3 Å². The van der Waals surface area contributed by atoms with E-state index in [-0.39, 0.29) is 19.1 Å². The van der Waals surface area contributed by atoms with E-state index in [1.165, 1.54) is 0 Å². The number of nitrogens with zero attached hydrogens (tertiary/aromatic N) is 4. The molecule has 0 unspecified atom stereocenters.